The smallest absolute Gasteiger partial charge is 0.326 e. The largest absolute Gasteiger partial charge is 0.480 e. The number of nitrogens with one attached hydrogen (secondary N) is 2. The fourth-order valence-corrected chi connectivity index (χ4v) is 4.06. The quantitative estimate of drug-likeness (QED) is 0.557. The molecule has 2 amide bonds. The van der Waals surface area contributed by atoms with Gasteiger partial charge in [-0.05, 0) is 37.6 Å². The maximum atomic E-state index is 13.1. The van der Waals surface area contributed by atoms with E-state index in [1.807, 2.05) is 72.6 Å². The van der Waals surface area contributed by atoms with Gasteiger partial charge in [0.1, 0.15) is 12.1 Å². The van der Waals surface area contributed by atoms with Gasteiger partial charge in [-0.15, -0.1) is 0 Å². The first-order valence-electron chi connectivity index (χ1n) is 11.1. The third-order valence-corrected chi connectivity index (χ3v) is 5.89. The average Bonchev–Trinajstić information content (AvgIpc) is 2.79. The summed E-state index contributed by atoms with van der Waals surface area (Å²) in [5.74, 6) is -1.80. The molecule has 1 heterocycles. The van der Waals surface area contributed by atoms with Crippen LogP contribution in [-0.4, -0.2) is 59.5 Å². The number of benzene rings is 2. The first kappa shape index (κ1) is 23.5. The summed E-state index contributed by atoms with van der Waals surface area (Å²) in [5, 5.41) is 15.2. The van der Waals surface area contributed by atoms with Crippen LogP contribution in [0.3, 0.4) is 0 Å². The molecule has 170 valence electrons. The molecule has 0 aromatic heterocycles. The Morgan fingerprint density at radius 1 is 0.906 bits per heavy atom. The number of likely N-dealkylation sites (tertiary alicyclic amines) is 1. The van der Waals surface area contributed by atoms with E-state index in [2.05, 4.69) is 10.6 Å². The Morgan fingerprint density at radius 3 is 2.00 bits per heavy atom. The molecule has 1 aliphatic rings. The second-order valence-electron chi connectivity index (χ2n) is 8.33. The molecule has 3 atom stereocenters. The minimum atomic E-state index is -1.11. The van der Waals surface area contributed by atoms with Crippen molar-refractivity contribution in [2.75, 3.05) is 13.6 Å². The van der Waals surface area contributed by atoms with Crippen molar-refractivity contribution >= 4 is 17.8 Å². The Kier molecular flexibility index (Phi) is 8.39. The topological polar surface area (TPSA) is 98.7 Å². The van der Waals surface area contributed by atoms with Crippen LogP contribution in [-0.2, 0) is 27.2 Å². The van der Waals surface area contributed by atoms with E-state index >= 15 is 0 Å². The third kappa shape index (κ3) is 6.65. The van der Waals surface area contributed by atoms with Crippen LogP contribution in [0.25, 0.3) is 0 Å². The first-order chi connectivity index (χ1) is 15.4. The zero-order chi connectivity index (χ0) is 22.9. The van der Waals surface area contributed by atoms with E-state index in [0.717, 1.165) is 36.9 Å². The highest BCUT2D eigenvalue weighted by molar-refractivity contribution is 5.92. The number of carboxylic acids is 1. The molecule has 2 aromatic carbocycles. The second-order valence-corrected chi connectivity index (χ2v) is 8.33. The number of rotatable bonds is 9. The molecule has 32 heavy (non-hydrogen) atoms. The van der Waals surface area contributed by atoms with Crippen LogP contribution < -0.4 is 10.6 Å². The fourth-order valence-electron chi connectivity index (χ4n) is 4.06. The standard InChI is InChI=1S/C25H31N3O4/c1-28-15-9-8-14-22(28)24(30)26-20(16-18-10-4-2-5-11-18)23(29)27-21(25(31)32)17-19-12-6-3-7-13-19/h2-7,10-13,20-22H,8-9,14-17H2,1H3,(H,26,30)(H,27,29)(H,31,32)/t20-,21-,22-/m0/s1. The van der Waals surface area contributed by atoms with E-state index in [1.165, 1.54) is 0 Å². The highest BCUT2D eigenvalue weighted by Crippen LogP contribution is 2.16. The van der Waals surface area contributed by atoms with Gasteiger partial charge in [0.15, 0.2) is 0 Å². The van der Waals surface area contributed by atoms with Crippen LogP contribution >= 0.6 is 0 Å². The molecule has 0 bridgehead atoms. The van der Waals surface area contributed by atoms with Crippen molar-refractivity contribution in [1.82, 2.24) is 15.5 Å². The van der Waals surface area contributed by atoms with Crippen LogP contribution in [0.15, 0.2) is 60.7 Å². The number of carbonyl (C=O) groups excluding carboxylic acids is 2. The van der Waals surface area contributed by atoms with Crippen molar-refractivity contribution in [2.45, 2.75) is 50.2 Å². The number of amides is 2. The molecule has 2 aromatic rings. The highest BCUT2D eigenvalue weighted by Gasteiger charge is 2.31. The summed E-state index contributed by atoms with van der Waals surface area (Å²) < 4.78 is 0. The van der Waals surface area contributed by atoms with E-state index in [1.54, 1.807) is 0 Å². The van der Waals surface area contributed by atoms with E-state index in [-0.39, 0.29) is 24.8 Å². The summed E-state index contributed by atoms with van der Waals surface area (Å²) >= 11 is 0. The van der Waals surface area contributed by atoms with Crippen LogP contribution in [0.2, 0.25) is 0 Å². The number of piperidine rings is 1. The number of nitrogens with zero attached hydrogens (tertiary/aromatic N) is 1. The Labute approximate surface area is 188 Å². The van der Waals surface area contributed by atoms with E-state index in [0.29, 0.717) is 0 Å². The van der Waals surface area contributed by atoms with Crippen molar-refractivity contribution in [2.24, 2.45) is 0 Å². The molecular weight excluding hydrogens is 406 g/mol. The highest BCUT2D eigenvalue weighted by atomic mass is 16.4. The number of aliphatic carboxylic acids is 1. The lowest BCUT2D eigenvalue weighted by Crippen LogP contribution is -2.56. The summed E-state index contributed by atoms with van der Waals surface area (Å²) in [5.41, 5.74) is 1.70. The van der Waals surface area contributed by atoms with E-state index in [4.69, 9.17) is 0 Å². The summed E-state index contributed by atoms with van der Waals surface area (Å²) in [6, 6.07) is 16.3. The minimum absolute atomic E-state index is 0.166. The molecular formula is C25H31N3O4. The predicted octanol–water partition coefficient (Wildman–Crippen LogP) is 2.01. The summed E-state index contributed by atoms with van der Waals surface area (Å²) in [6.07, 6.45) is 3.21. The average molecular weight is 438 g/mol. The number of likely N-dealkylation sites (N-methyl/N-ethyl adjacent to an activating group) is 1. The lowest BCUT2D eigenvalue weighted by Gasteiger charge is -2.32. The Hall–Kier alpha value is -3.19. The van der Waals surface area contributed by atoms with Gasteiger partial charge in [-0.25, -0.2) is 4.79 Å². The van der Waals surface area contributed by atoms with Gasteiger partial charge in [0, 0.05) is 12.8 Å². The fraction of sp³-hybridized carbons (Fsp3) is 0.400. The van der Waals surface area contributed by atoms with Crippen LogP contribution in [0.1, 0.15) is 30.4 Å². The first-order valence-corrected chi connectivity index (χ1v) is 11.1. The SMILES string of the molecule is CN1CCCC[C@H]1C(=O)N[C@@H](Cc1ccccc1)C(=O)N[C@@H](Cc1ccccc1)C(=O)O. The van der Waals surface area contributed by atoms with Gasteiger partial charge >= 0.3 is 5.97 Å². The van der Waals surface area contributed by atoms with Gasteiger partial charge in [-0.1, -0.05) is 67.1 Å². The molecule has 0 saturated carbocycles. The zero-order valence-corrected chi connectivity index (χ0v) is 18.4. The van der Waals surface area contributed by atoms with E-state index in [9.17, 15) is 19.5 Å². The Balaban J connectivity index is 1.73. The summed E-state index contributed by atoms with van der Waals surface area (Å²) in [6.45, 7) is 0.839. The minimum Gasteiger partial charge on any atom is -0.480 e. The number of hydrogen-bond donors (Lipinski definition) is 3. The molecule has 3 rings (SSSR count). The Bertz CT molecular complexity index is 904. The molecule has 0 radical (unpaired) electrons. The summed E-state index contributed by atoms with van der Waals surface area (Å²) in [4.78, 5) is 40.0. The molecule has 7 nitrogen and oxygen atoms in total. The van der Waals surface area contributed by atoms with Gasteiger partial charge in [0.2, 0.25) is 11.8 Å². The second kappa shape index (κ2) is 11.4. The van der Waals surface area contributed by atoms with Gasteiger partial charge in [-0.2, -0.15) is 0 Å². The molecule has 0 unspecified atom stereocenters. The van der Waals surface area contributed by atoms with Crippen molar-refractivity contribution in [3.63, 3.8) is 0 Å². The molecule has 1 saturated heterocycles. The number of carbonyl (C=O) groups is 3. The molecule has 7 heteroatoms. The third-order valence-electron chi connectivity index (χ3n) is 5.89. The lowest BCUT2D eigenvalue weighted by molar-refractivity contribution is -0.142. The molecule has 0 spiro atoms. The normalized spacial score (nSPS) is 18.3. The van der Waals surface area contributed by atoms with Gasteiger partial charge in [0.25, 0.3) is 0 Å². The molecule has 3 N–H and O–H groups in total. The zero-order valence-electron chi connectivity index (χ0n) is 18.4. The van der Waals surface area contributed by atoms with Gasteiger partial charge in [0.05, 0.1) is 6.04 Å². The van der Waals surface area contributed by atoms with Crippen molar-refractivity contribution in [3.05, 3.63) is 71.8 Å². The van der Waals surface area contributed by atoms with Crippen LogP contribution in [0.5, 0.6) is 0 Å². The molecule has 0 aliphatic carbocycles. The maximum Gasteiger partial charge on any atom is 0.326 e. The lowest BCUT2D eigenvalue weighted by atomic mass is 10.00. The van der Waals surface area contributed by atoms with Crippen molar-refractivity contribution in [3.8, 4) is 0 Å². The number of carboxylic acid groups (broad SMARTS) is 1. The molecule has 1 fully saturated rings. The Morgan fingerprint density at radius 2 is 1.47 bits per heavy atom. The van der Waals surface area contributed by atoms with Gasteiger partial charge in [-0.3, -0.25) is 14.5 Å². The number of hydrogen-bond acceptors (Lipinski definition) is 4. The van der Waals surface area contributed by atoms with Crippen LogP contribution in [0.4, 0.5) is 0 Å². The molecule has 1 aliphatic heterocycles. The maximum absolute atomic E-state index is 13.1. The van der Waals surface area contributed by atoms with Gasteiger partial charge < -0.3 is 15.7 Å². The monoisotopic (exact) mass is 437 g/mol. The van der Waals surface area contributed by atoms with Crippen molar-refractivity contribution in [1.29, 1.82) is 0 Å². The van der Waals surface area contributed by atoms with E-state index < -0.39 is 24.0 Å². The predicted molar refractivity (Wildman–Crippen MR) is 122 cm³/mol. The van der Waals surface area contributed by atoms with Crippen molar-refractivity contribution < 1.29 is 19.5 Å². The summed E-state index contributed by atoms with van der Waals surface area (Å²) in [7, 11) is 1.91. The van der Waals surface area contributed by atoms with Crippen LogP contribution in [0, 0.1) is 0 Å².